The molecule has 81 heavy (non-hydrogen) atoms. The van der Waals surface area contributed by atoms with Gasteiger partial charge in [-0.1, -0.05) is 156 Å². The van der Waals surface area contributed by atoms with Crippen molar-refractivity contribution in [2.75, 3.05) is 0 Å². The summed E-state index contributed by atoms with van der Waals surface area (Å²) in [6, 6.07) is 38.1. The third-order valence-corrected chi connectivity index (χ3v) is 16.4. The highest BCUT2D eigenvalue weighted by Gasteiger charge is 2.31. The van der Waals surface area contributed by atoms with Crippen molar-refractivity contribution in [2.24, 2.45) is 32.5 Å². The molecule has 0 spiro atoms. The molecule has 414 valence electrons. The smallest absolute Gasteiger partial charge is 0.201 e. The van der Waals surface area contributed by atoms with Crippen molar-refractivity contribution in [2.45, 2.75) is 148 Å². The van der Waals surface area contributed by atoms with E-state index >= 15 is 0 Å². The Morgan fingerprint density at radius 3 is 1.15 bits per heavy atom. The van der Waals surface area contributed by atoms with E-state index < -0.39 is 44.6 Å². The number of rotatable bonds is 7. The lowest BCUT2D eigenvalue weighted by Crippen LogP contribution is -2.32. The maximum Gasteiger partial charge on any atom is 0.213 e. The Balaban J connectivity index is 0.000000155. The maximum atomic E-state index is 8.91. The summed E-state index contributed by atoms with van der Waals surface area (Å²) in [5.41, 5.74) is 28.7. The number of hydrogen-bond donors (Lipinski definition) is 0. The minimum atomic E-state index is -2.41. The molecule has 3 nitrogen and oxygen atoms in total. The summed E-state index contributed by atoms with van der Waals surface area (Å²) >= 11 is 0. The second kappa shape index (κ2) is 22.3. The van der Waals surface area contributed by atoms with Gasteiger partial charge in [-0.25, -0.2) is 13.7 Å². The van der Waals surface area contributed by atoms with Crippen LogP contribution in [0.5, 0.6) is 0 Å². The molecule has 3 aromatic heterocycles. The summed E-state index contributed by atoms with van der Waals surface area (Å²) in [4.78, 5) is 0. The maximum absolute atomic E-state index is 8.91. The zero-order valence-electron chi connectivity index (χ0n) is 64.7. The summed E-state index contributed by atoms with van der Waals surface area (Å²) in [6.45, 7) is 18.0. The highest BCUT2D eigenvalue weighted by Crippen LogP contribution is 2.46. The zero-order valence-corrected chi connectivity index (χ0v) is 50.7. The summed E-state index contributed by atoms with van der Waals surface area (Å²) in [7, 11) is 5.60. The predicted molar refractivity (Wildman–Crippen MR) is 342 cm³/mol. The first-order chi connectivity index (χ1) is 43.8. The van der Waals surface area contributed by atoms with Gasteiger partial charge in [0, 0.05) is 54.1 Å². The largest absolute Gasteiger partial charge is 0.213 e. The van der Waals surface area contributed by atoms with Crippen LogP contribution in [0.1, 0.15) is 174 Å². The van der Waals surface area contributed by atoms with E-state index in [0.29, 0.717) is 5.56 Å². The van der Waals surface area contributed by atoms with E-state index in [1.54, 1.807) is 58.4 Å². The summed E-state index contributed by atoms with van der Waals surface area (Å²) in [5, 5.41) is 0. The average molecular weight is 1080 g/mol. The van der Waals surface area contributed by atoms with E-state index in [-0.39, 0.29) is 33.7 Å². The minimum Gasteiger partial charge on any atom is -0.201 e. The van der Waals surface area contributed by atoms with Crippen molar-refractivity contribution in [3.8, 4) is 67.2 Å². The van der Waals surface area contributed by atoms with Gasteiger partial charge < -0.3 is 0 Å². The number of nitrogens with zero attached hydrogens (tertiary/aromatic N) is 3. The standard InChI is InChI=1S/C27H32N.C26H30N.C25H28N/c1-17-8-10-22-20(12-17)13-24-23(22)11-9-18(2)26(24)25-14-21(15-27(4,5)6)19(3)16-28(25)7;1-16(2)11-20-14-25(27(6)15-19(20)5)26-18(4)8-10-23-22-9-7-17(3)12-21(22)13-24(23)26;1-15(2)22-13-24(26(6)14-18(22)5)25-17(4)8-10-21-20-9-7-16(3)11-19(20)12-23(21)25/h8-12,14,16H,13,15H2,1-7H3;7-10,12,14-16H,11,13H2,1-6H3;7-11,13-15H,12H2,1-6H3/q3*+1/i3D3,15D2;5D3,11D2;5D3,15D. The number of fused-ring (bicyclic) bond motifs is 9. The van der Waals surface area contributed by atoms with Gasteiger partial charge in [-0.15, -0.1) is 0 Å². The van der Waals surface area contributed by atoms with Gasteiger partial charge in [0.15, 0.2) is 18.6 Å². The Labute approximate surface area is 507 Å². The fourth-order valence-corrected chi connectivity index (χ4v) is 12.7. The fraction of sp³-hybridized carbons (Fsp3) is 0.346. The van der Waals surface area contributed by atoms with E-state index in [1.165, 1.54) is 83.5 Å². The molecule has 3 heteroatoms. The molecule has 0 radical (unpaired) electrons. The molecule has 0 N–H and O–H groups in total. The monoisotopic (exact) mass is 1080 g/mol. The SMILES string of the molecule is [2H]C([2H])([2H])c1c[n+](C)c(-c2c(C)ccc3c2Cc2cc(C)ccc2-3)cc1C([2H])(C)C.[2H]C([2H])([2H])c1c[n+](C)c(-c2c(C)ccc3c2Cc2cc(C)ccc2-3)cc1C([2H])([2H])C(C)(C)C.[2H]C([2H])([2H])c1c[n+](C)c(-c2c(C)ccc3c2Cc2cc(C)ccc2-3)cc1C([2H])([2H])C(C)C. The molecule has 0 bridgehead atoms. The Morgan fingerprint density at radius 1 is 0.444 bits per heavy atom. The molecule has 0 saturated heterocycles. The molecule has 3 heterocycles. The van der Waals surface area contributed by atoms with Crippen molar-refractivity contribution in [1.82, 2.24) is 0 Å². The number of pyridine rings is 3. The number of aromatic nitrogens is 3. The Bertz CT molecular complexity index is 4570. The summed E-state index contributed by atoms with van der Waals surface area (Å²) in [6.07, 6.45) is 3.80. The van der Waals surface area contributed by atoms with E-state index in [4.69, 9.17) is 19.2 Å². The van der Waals surface area contributed by atoms with Gasteiger partial charge in [0.25, 0.3) is 0 Å². The van der Waals surface area contributed by atoms with Crippen molar-refractivity contribution >= 4 is 0 Å². The van der Waals surface area contributed by atoms with Crippen molar-refractivity contribution in [3.05, 3.63) is 228 Å². The molecular formula is C78H90N3+3. The van der Waals surface area contributed by atoms with Crippen LogP contribution in [-0.2, 0) is 53.2 Å². The van der Waals surface area contributed by atoms with E-state index in [9.17, 15) is 0 Å². The number of aryl methyl sites for hydroxylation is 12. The van der Waals surface area contributed by atoms with Gasteiger partial charge >= 0.3 is 0 Å². The third-order valence-electron chi connectivity index (χ3n) is 16.4. The quantitative estimate of drug-likeness (QED) is 0.141. The first-order valence-electron chi connectivity index (χ1n) is 35.6. The minimum absolute atomic E-state index is 0.0674. The first kappa shape index (κ1) is 41.7. The molecular weight excluding hydrogens is 979 g/mol. The van der Waals surface area contributed by atoms with Crippen LogP contribution in [-0.4, -0.2) is 0 Å². The number of benzene rings is 6. The third kappa shape index (κ3) is 11.3. The normalized spacial score (nSPS) is 16.1. The Morgan fingerprint density at radius 2 is 0.790 bits per heavy atom. The van der Waals surface area contributed by atoms with Crippen LogP contribution >= 0.6 is 0 Å². The first-order valence-corrected chi connectivity index (χ1v) is 28.6. The predicted octanol–water partition coefficient (Wildman–Crippen LogP) is 17.9. The molecule has 3 aliphatic carbocycles. The molecule has 0 atom stereocenters. The molecule has 9 aromatic rings. The highest BCUT2D eigenvalue weighted by molar-refractivity contribution is 5.88. The molecule has 6 aromatic carbocycles. The van der Waals surface area contributed by atoms with E-state index in [1.807, 2.05) is 61.7 Å². The molecule has 0 fully saturated rings. The summed E-state index contributed by atoms with van der Waals surface area (Å²) < 4.78 is 122. The second-order valence-electron chi connectivity index (χ2n) is 24.8. The van der Waals surface area contributed by atoms with Crippen LogP contribution in [0.3, 0.4) is 0 Å². The van der Waals surface area contributed by atoms with Crippen molar-refractivity contribution < 1.29 is 32.9 Å². The fourth-order valence-electron chi connectivity index (χ4n) is 12.7. The van der Waals surface area contributed by atoms with E-state index in [0.717, 1.165) is 69.7 Å². The van der Waals surface area contributed by atoms with Gasteiger partial charge in [-0.05, 0) is 211 Å². The number of hydrogen-bond acceptors (Lipinski definition) is 0. The van der Waals surface area contributed by atoms with Crippen LogP contribution in [0.15, 0.2) is 128 Å². The van der Waals surface area contributed by atoms with Crippen LogP contribution in [0.25, 0.3) is 67.2 Å². The molecule has 0 saturated carbocycles. The van der Waals surface area contributed by atoms with Crippen LogP contribution in [0.2, 0.25) is 0 Å². The van der Waals surface area contributed by atoms with Gasteiger partial charge in [0.1, 0.15) is 21.1 Å². The lowest BCUT2D eigenvalue weighted by molar-refractivity contribution is -0.661. The average Bonchev–Trinajstić information content (AvgIpc) is 1.74. The van der Waals surface area contributed by atoms with Gasteiger partial charge in [0.2, 0.25) is 17.1 Å². The lowest BCUT2D eigenvalue weighted by atomic mass is 9.85. The Hall–Kier alpha value is -7.23. The molecule has 12 rings (SSSR count). The van der Waals surface area contributed by atoms with Crippen molar-refractivity contribution in [3.63, 3.8) is 0 Å². The van der Waals surface area contributed by atoms with Crippen LogP contribution in [0, 0.1) is 73.4 Å². The molecule has 3 aliphatic rings. The lowest BCUT2D eigenvalue weighted by Gasteiger charge is -2.20. The van der Waals surface area contributed by atoms with Gasteiger partial charge in [-0.2, -0.15) is 0 Å². The van der Waals surface area contributed by atoms with Gasteiger partial charge in [0.05, 0.1) is 16.7 Å². The molecule has 0 unspecified atom stereocenters. The van der Waals surface area contributed by atoms with E-state index in [2.05, 4.69) is 133 Å². The van der Waals surface area contributed by atoms with Crippen molar-refractivity contribution in [1.29, 1.82) is 0 Å². The topological polar surface area (TPSA) is 11.6 Å². The Kier molecular flexibility index (Phi) is 11.5. The van der Waals surface area contributed by atoms with Crippen LogP contribution in [0.4, 0.5) is 0 Å². The molecule has 0 amide bonds. The highest BCUT2D eigenvalue weighted by atomic mass is 14.9. The molecule has 0 aliphatic heterocycles. The van der Waals surface area contributed by atoms with Gasteiger partial charge in [-0.3, -0.25) is 0 Å². The zero-order chi connectivity index (χ0) is 70.1. The summed E-state index contributed by atoms with van der Waals surface area (Å²) in [5.74, 6) is -1.38. The second-order valence-corrected chi connectivity index (χ2v) is 24.8. The van der Waals surface area contributed by atoms with Crippen LogP contribution < -0.4 is 13.7 Å².